The number of rotatable bonds is 2. The van der Waals surface area contributed by atoms with Gasteiger partial charge in [-0.15, -0.1) is 0 Å². The van der Waals surface area contributed by atoms with E-state index in [1.54, 1.807) is 11.3 Å². The van der Waals surface area contributed by atoms with Crippen molar-refractivity contribution in [2.24, 2.45) is 0 Å². The predicted octanol–water partition coefficient (Wildman–Crippen LogP) is 3.16. The van der Waals surface area contributed by atoms with Crippen molar-refractivity contribution in [1.82, 2.24) is 4.90 Å². The van der Waals surface area contributed by atoms with E-state index >= 15 is 0 Å². The van der Waals surface area contributed by atoms with Gasteiger partial charge in [0.15, 0.2) is 5.78 Å². The van der Waals surface area contributed by atoms with Crippen molar-refractivity contribution in [2.75, 3.05) is 21.1 Å². The fourth-order valence-electron chi connectivity index (χ4n) is 1.15. The third-order valence-corrected chi connectivity index (χ3v) is 2.50. The number of hydrogen-bond acceptors (Lipinski definition) is 3. The molecule has 0 unspecified atom stereocenters. The minimum atomic E-state index is 0.0989. The highest BCUT2D eigenvalue weighted by atomic mass is 32.1. The number of hydrogen-bond donors (Lipinski definition) is 0. The van der Waals surface area contributed by atoms with Gasteiger partial charge in [0, 0.05) is 16.5 Å². The summed E-state index contributed by atoms with van der Waals surface area (Å²) in [5.41, 5.74) is 1.53. The van der Waals surface area contributed by atoms with E-state index < -0.39 is 0 Å². The number of carbonyl (C=O) groups excluding carboxylic acids is 1. The van der Waals surface area contributed by atoms with Crippen LogP contribution in [-0.2, 0) is 0 Å². The molecule has 90 valence electrons. The van der Waals surface area contributed by atoms with Gasteiger partial charge in [-0.05, 0) is 32.6 Å². The van der Waals surface area contributed by atoms with Gasteiger partial charge in [-0.2, -0.15) is 11.3 Å². The van der Waals surface area contributed by atoms with Crippen LogP contribution in [-0.4, -0.2) is 31.8 Å². The Bertz CT molecular complexity index is 432. The van der Waals surface area contributed by atoms with Crippen molar-refractivity contribution in [3.05, 3.63) is 58.3 Å². The van der Waals surface area contributed by atoms with Gasteiger partial charge in [0.05, 0.1) is 0 Å². The smallest absolute Gasteiger partial charge is 0.193 e. The molecule has 0 spiro atoms. The van der Waals surface area contributed by atoms with Crippen molar-refractivity contribution in [3.8, 4) is 0 Å². The number of thiophene rings is 1. The zero-order chi connectivity index (χ0) is 12.7. The molecular weight excluding hydrogens is 230 g/mol. The Morgan fingerprint density at radius 1 is 1.00 bits per heavy atom. The van der Waals surface area contributed by atoms with Crippen molar-refractivity contribution >= 4 is 17.1 Å². The minimum absolute atomic E-state index is 0.0989. The Labute approximate surface area is 107 Å². The van der Waals surface area contributed by atoms with Crippen LogP contribution in [0.1, 0.15) is 15.9 Å². The van der Waals surface area contributed by atoms with Gasteiger partial charge < -0.3 is 4.90 Å². The van der Waals surface area contributed by atoms with Crippen molar-refractivity contribution in [2.45, 2.75) is 0 Å². The molecule has 1 aromatic carbocycles. The third-order valence-electron chi connectivity index (χ3n) is 1.82. The van der Waals surface area contributed by atoms with Gasteiger partial charge in [-0.1, -0.05) is 30.3 Å². The maximum Gasteiger partial charge on any atom is 0.193 e. The van der Waals surface area contributed by atoms with Gasteiger partial charge in [-0.3, -0.25) is 4.79 Å². The van der Waals surface area contributed by atoms with Gasteiger partial charge in [0.25, 0.3) is 0 Å². The molecule has 0 saturated carbocycles. The lowest BCUT2D eigenvalue weighted by molar-refractivity contribution is 0.103. The Morgan fingerprint density at radius 2 is 1.59 bits per heavy atom. The molecule has 1 aromatic heterocycles. The van der Waals surface area contributed by atoms with E-state index in [0.29, 0.717) is 0 Å². The number of carbonyl (C=O) groups is 1. The average Bonchev–Trinajstić information content (AvgIpc) is 2.82. The zero-order valence-corrected chi connectivity index (χ0v) is 11.2. The second-order valence-corrected chi connectivity index (χ2v) is 4.83. The Balaban J connectivity index is 0.000000317. The summed E-state index contributed by atoms with van der Waals surface area (Å²) >= 11 is 1.54. The average molecular weight is 247 g/mol. The minimum Gasteiger partial charge on any atom is -0.312 e. The molecule has 2 nitrogen and oxygen atoms in total. The molecule has 3 heteroatoms. The quantitative estimate of drug-likeness (QED) is 0.760. The molecule has 0 fully saturated rings. The van der Waals surface area contributed by atoms with Crippen LogP contribution in [0, 0.1) is 0 Å². The highest BCUT2D eigenvalue weighted by Gasteiger charge is 2.07. The van der Waals surface area contributed by atoms with E-state index in [1.165, 1.54) is 0 Å². The lowest BCUT2D eigenvalue weighted by atomic mass is 10.1. The van der Waals surface area contributed by atoms with Gasteiger partial charge in [0.1, 0.15) is 0 Å². The third kappa shape index (κ3) is 4.93. The SMILES string of the molecule is CN(C)C.O=C(c1ccccc1)c1ccsc1. The molecule has 17 heavy (non-hydrogen) atoms. The van der Waals surface area contributed by atoms with Gasteiger partial charge >= 0.3 is 0 Å². The first-order valence-electron chi connectivity index (χ1n) is 5.34. The van der Waals surface area contributed by atoms with Crippen LogP contribution in [0.3, 0.4) is 0 Å². The summed E-state index contributed by atoms with van der Waals surface area (Å²) in [7, 11) is 6.00. The molecule has 0 N–H and O–H groups in total. The molecule has 2 aromatic rings. The van der Waals surface area contributed by atoms with Crippen molar-refractivity contribution in [1.29, 1.82) is 0 Å². The molecule has 1 heterocycles. The first kappa shape index (κ1) is 13.6. The fourth-order valence-corrected chi connectivity index (χ4v) is 1.79. The van der Waals surface area contributed by atoms with Crippen molar-refractivity contribution in [3.63, 3.8) is 0 Å². The molecule has 0 atom stereocenters. The fraction of sp³-hybridized carbons (Fsp3) is 0.214. The van der Waals surface area contributed by atoms with Crippen LogP contribution in [0.5, 0.6) is 0 Å². The summed E-state index contributed by atoms with van der Waals surface area (Å²) in [5.74, 6) is 0.0989. The number of nitrogens with zero attached hydrogens (tertiary/aromatic N) is 1. The summed E-state index contributed by atoms with van der Waals surface area (Å²) in [4.78, 5) is 13.7. The first-order valence-corrected chi connectivity index (χ1v) is 6.28. The summed E-state index contributed by atoms with van der Waals surface area (Å²) in [5, 5.41) is 3.78. The van der Waals surface area contributed by atoms with Gasteiger partial charge in [0.2, 0.25) is 0 Å². The van der Waals surface area contributed by atoms with E-state index in [9.17, 15) is 4.79 Å². The molecule has 0 bridgehead atoms. The normalized spacial score (nSPS) is 9.65. The molecule has 0 aliphatic carbocycles. The van der Waals surface area contributed by atoms with Crippen LogP contribution < -0.4 is 0 Å². The lowest BCUT2D eigenvalue weighted by Gasteiger charge is -1.95. The molecule has 0 aliphatic heterocycles. The number of ketones is 1. The highest BCUT2D eigenvalue weighted by Crippen LogP contribution is 2.12. The maximum absolute atomic E-state index is 11.7. The summed E-state index contributed by atoms with van der Waals surface area (Å²) in [6.45, 7) is 0. The molecule has 0 saturated heterocycles. The van der Waals surface area contributed by atoms with Gasteiger partial charge in [-0.25, -0.2) is 0 Å². The molecule has 2 rings (SSSR count). The predicted molar refractivity (Wildman–Crippen MR) is 73.8 cm³/mol. The Hall–Kier alpha value is -1.45. The molecule has 0 amide bonds. The highest BCUT2D eigenvalue weighted by molar-refractivity contribution is 7.08. The van der Waals surface area contributed by atoms with E-state index in [4.69, 9.17) is 0 Å². The van der Waals surface area contributed by atoms with E-state index in [2.05, 4.69) is 0 Å². The molecular formula is C14H17NOS. The van der Waals surface area contributed by atoms with E-state index in [0.717, 1.165) is 11.1 Å². The molecule has 0 aliphatic rings. The van der Waals surface area contributed by atoms with E-state index in [-0.39, 0.29) is 5.78 Å². The monoisotopic (exact) mass is 247 g/mol. The Morgan fingerprint density at radius 3 is 2.06 bits per heavy atom. The summed E-state index contributed by atoms with van der Waals surface area (Å²) in [6.07, 6.45) is 0. The number of benzene rings is 1. The zero-order valence-electron chi connectivity index (χ0n) is 10.4. The second-order valence-electron chi connectivity index (χ2n) is 4.05. The second kappa shape index (κ2) is 6.99. The first-order chi connectivity index (χ1) is 8.11. The maximum atomic E-state index is 11.7. The van der Waals surface area contributed by atoms with Crippen LogP contribution in [0.25, 0.3) is 0 Å². The van der Waals surface area contributed by atoms with Crippen LogP contribution in [0.2, 0.25) is 0 Å². The lowest BCUT2D eigenvalue weighted by Crippen LogP contribution is -1.99. The topological polar surface area (TPSA) is 20.3 Å². The largest absolute Gasteiger partial charge is 0.312 e. The van der Waals surface area contributed by atoms with Crippen LogP contribution >= 0.6 is 11.3 Å². The standard InChI is InChI=1S/C11H8OS.C3H9N/c12-11(10-6-7-13-8-10)9-4-2-1-3-5-9;1-4(2)3/h1-8H;1-3H3. The summed E-state index contributed by atoms with van der Waals surface area (Å²) in [6, 6.07) is 11.2. The summed E-state index contributed by atoms with van der Waals surface area (Å²) < 4.78 is 0. The van der Waals surface area contributed by atoms with E-state index in [1.807, 2.05) is 73.2 Å². The van der Waals surface area contributed by atoms with Crippen LogP contribution in [0.15, 0.2) is 47.2 Å². The Kier molecular flexibility index (Phi) is 5.60. The van der Waals surface area contributed by atoms with Crippen molar-refractivity contribution < 1.29 is 4.79 Å². The van der Waals surface area contributed by atoms with Crippen LogP contribution in [0.4, 0.5) is 0 Å². The molecule has 0 radical (unpaired) electrons.